The fourth-order valence-corrected chi connectivity index (χ4v) is 4.08. The maximum Gasteiger partial charge on any atom is 0.257 e. The highest BCUT2D eigenvalue weighted by molar-refractivity contribution is 5.94. The zero-order chi connectivity index (χ0) is 20.5. The van der Waals surface area contributed by atoms with Gasteiger partial charge in [0.2, 0.25) is 0 Å². The Morgan fingerprint density at radius 3 is 2.90 bits per heavy atom. The molecule has 1 fully saturated rings. The maximum atomic E-state index is 13.1. The molecule has 5 rings (SSSR count). The number of methoxy groups -OCH3 is 1. The molecule has 1 aromatic carbocycles. The first kappa shape index (κ1) is 18.9. The van der Waals surface area contributed by atoms with E-state index < -0.39 is 0 Å². The first-order valence-corrected chi connectivity index (χ1v) is 10.3. The molecule has 0 radical (unpaired) electrons. The Morgan fingerprint density at radius 2 is 2.07 bits per heavy atom. The summed E-state index contributed by atoms with van der Waals surface area (Å²) in [5.74, 6) is 2.65. The summed E-state index contributed by atoms with van der Waals surface area (Å²) in [6.07, 6.45) is 5.89. The Labute approximate surface area is 174 Å². The number of amides is 1. The number of ether oxygens (including phenoxy) is 2. The van der Waals surface area contributed by atoms with Crippen molar-refractivity contribution in [3.05, 3.63) is 59.6 Å². The number of oxazole rings is 1. The summed E-state index contributed by atoms with van der Waals surface area (Å²) in [4.78, 5) is 19.6. The van der Waals surface area contributed by atoms with Gasteiger partial charge in [0.05, 0.1) is 25.4 Å². The first-order valence-electron chi connectivity index (χ1n) is 10.3. The van der Waals surface area contributed by atoms with Crippen molar-refractivity contribution in [2.75, 3.05) is 26.9 Å². The third-order valence-corrected chi connectivity index (χ3v) is 5.76. The van der Waals surface area contributed by atoms with Gasteiger partial charge in [0.1, 0.15) is 22.9 Å². The lowest BCUT2D eigenvalue weighted by atomic mass is 10.0. The van der Waals surface area contributed by atoms with Gasteiger partial charge in [0, 0.05) is 38.3 Å². The molecule has 0 bridgehead atoms. The van der Waals surface area contributed by atoms with Crippen LogP contribution in [0.4, 0.5) is 0 Å². The smallest absolute Gasteiger partial charge is 0.257 e. The van der Waals surface area contributed by atoms with Crippen LogP contribution in [0.2, 0.25) is 0 Å². The zero-order valence-electron chi connectivity index (χ0n) is 16.9. The van der Waals surface area contributed by atoms with Crippen molar-refractivity contribution in [3.8, 4) is 11.4 Å². The lowest BCUT2D eigenvalue weighted by Crippen LogP contribution is -2.35. The van der Waals surface area contributed by atoms with E-state index in [1.807, 2.05) is 29.2 Å². The number of para-hydroxylation sites is 2. The molecule has 0 unspecified atom stereocenters. The van der Waals surface area contributed by atoms with Crippen LogP contribution >= 0.6 is 0 Å². The van der Waals surface area contributed by atoms with Crippen molar-refractivity contribution < 1.29 is 18.7 Å². The van der Waals surface area contributed by atoms with Crippen LogP contribution in [0.15, 0.2) is 41.1 Å². The molecule has 156 valence electrons. The quantitative estimate of drug-likeness (QED) is 0.660. The fourth-order valence-electron chi connectivity index (χ4n) is 4.08. The van der Waals surface area contributed by atoms with Crippen LogP contribution in [0.1, 0.15) is 46.5 Å². The van der Waals surface area contributed by atoms with Crippen molar-refractivity contribution in [1.82, 2.24) is 19.7 Å². The number of hydrogen-bond donors (Lipinski definition) is 0. The molecular weight excluding hydrogens is 384 g/mol. The summed E-state index contributed by atoms with van der Waals surface area (Å²) in [6.45, 7) is 2.56. The molecule has 0 saturated carbocycles. The second-order valence-electron chi connectivity index (χ2n) is 7.63. The van der Waals surface area contributed by atoms with Gasteiger partial charge in [0.25, 0.3) is 5.91 Å². The molecule has 2 aliphatic rings. The minimum Gasteiger partial charge on any atom is -0.494 e. The number of hydrogen-bond acceptors (Lipinski definition) is 6. The SMILES string of the molecule is COc1ccccc1-n1cc(C(=O)N2CCc3oc(C4CCOCC4)nc3C2)cn1. The molecule has 30 heavy (non-hydrogen) atoms. The van der Waals surface area contributed by atoms with E-state index in [-0.39, 0.29) is 5.91 Å². The van der Waals surface area contributed by atoms with Crippen molar-refractivity contribution >= 4 is 5.91 Å². The number of rotatable bonds is 4. The predicted molar refractivity (Wildman–Crippen MR) is 108 cm³/mol. The Morgan fingerprint density at radius 1 is 1.23 bits per heavy atom. The summed E-state index contributed by atoms with van der Waals surface area (Å²) < 4.78 is 18.5. The fraction of sp³-hybridized carbons (Fsp3) is 0.409. The number of benzene rings is 1. The molecule has 0 aliphatic carbocycles. The summed E-state index contributed by atoms with van der Waals surface area (Å²) in [7, 11) is 1.62. The lowest BCUT2D eigenvalue weighted by molar-refractivity contribution is 0.0726. The van der Waals surface area contributed by atoms with Gasteiger partial charge < -0.3 is 18.8 Å². The minimum absolute atomic E-state index is 0.0579. The lowest BCUT2D eigenvalue weighted by Gasteiger charge is -2.24. The van der Waals surface area contributed by atoms with Crippen molar-refractivity contribution in [3.63, 3.8) is 0 Å². The highest BCUT2D eigenvalue weighted by atomic mass is 16.5. The van der Waals surface area contributed by atoms with Crippen LogP contribution in [0.25, 0.3) is 5.69 Å². The Bertz CT molecular complexity index is 1050. The number of aromatic nitrogens is 3. The van der Waals surface area contributed by atoms with Crippen LogP contribution in [0.3, 0.4) is 0 Å². The largest absolute Gasteiger partial charge is 0.494 e. The highest BCUT2D eigenvalue weighted by Gasteiger charge is 2.29. The van der Waals surface area contributed by atoms with Crippen LogP contribution in [0, 0.1) is 0 Å². The van der Waals surface area contributed by atoms with E-state index in [0.29, 0.717) is 36.7 Å². The van der Waals surface area contributed by atoms with E-state index in [1.165, 1.54) is 0 Å². The van der Waals surface area contributed by atoms with E-state index >= 15 is 0 Å². The predicted octanol–water partition coefficient (Wildman–Crippen LogP) is 2.96. The molecule has 2 aliphatic heterocycles. The summed E-state index contributed by atoms with van der Waals surface area (Å²) in [5.41, 5.74) is 2.20. The first-order chi connectivity index (χ1) is 14.7. The number of fused-ring (bicyclic) bond motifs is 1. The van der Waals surface area contributed by atoms with Crippen molar-refractivity contribution in [1.29, 1.82) is 0 Å². The van der Waals surface area contributed by atoms with Gasteiger partial charge in [-0.25, -0.2) is 9.67 Å². The molecular formula is C22H24N4O4. The number of nitrogens with zero attached hydrogens (tertiary/aromatic N) is 4. The second kappa shape index (κ2) is 7.95. The van der Waals surface area contributed by atoms with Gasteiger partial charge in [-0.2, -0.15) is 5.10 Å². The zero-order valence-corrected chi connectivity index (χ0v) is 16.9. The van der Waals surface area contributed by atoms with Gasteiger partial charge in [-0.05, 0) is 25.0 Å². The Hall–Kier alpha value is -3.13. The van der Waals surface area contributed by atoms with Crippen LogP contribution < -0.4 is 4.74 Å². The van der Waals surface area contributed by atoms with Crippen molar-refractivity contribution in [2.24, 2.45) is 0 Å². The molecule has 0 N–H and O–H groups in total. The molecule has 8 heteroatoms. The minimum atomic E-state index is -0.0579. The third-order valence-electron chi connectivity index (χ3n) is 5.76. The molecule has 1 amide bonds. The normalized spacial score (nSPS) is 17.0. The van der Waals surface area contributed by atoms with Gasteiger partial charge in [-0.1, -0.05) is 12.1 Å². The van der Waals surface area contributed by atoms with Gasteiger partial charge in [0.15, 0.2) is 5.89 Å². The monoisotopic (exact) mass is 408 g/mol. The summed E-state index contributed by atoms with van der Waals surface area (Å²) in [5, 5.41) is 4.36. The van der Waals surface area contributed by atoms with E-state index in [0.717, 1.165) is 49.1 Å². The van der Waals surface area contributed by atoms with Gasteiger partial charge >= 0.3 is 0 Å². The standard InChI is InChI=1S/C22H24N4O4/c1-28-20-5-3-2-4-18(20)26-13-16(12-23-26)22(27)25-9-6-19-17(14-25)24-21(30-19)15-7-10-29-11-8-15/h2-5,12-13,15H,6-11,14H2,1H3. The third kappa shape index (κ3) is 3.47. The van der Waals surface area contributed by atoms with Gasteiger partial charge in [-0.15, -0.1) is 0 Å². The van der Waals surface area contributed by atoms with Crippen LogP contribution in [0.5, 0.6) is 5.75 Å². The molecule has 3 aromatic rings. The second-order valence-corrected chi connectivity index (χ2v) is 7.63. The Balaban J connectivity index is 1.32. The molecule has 4 heterocycles. The molecule has 0 atom stereocenters. The summed E-state index contributed by atoms with van der Waals surface area (Å²) >= 11 is 0. The maximum absolute atomic E-state index is 13.1. The van der Waals surface area contributed by atoms with Gasteiger partial charge in [-0.3, -0.25) is 4.79 Å². The number of carbonyl (C=O) groups excluding carboxylic acids is 1. The highest BCUT2D eigenvalue weighted by Crippen LogP contribution is 2.30. The Kier molecular flexibility index (Phi) is 5.00. The number of carbonyl (C=O) groups is 1. The topological polar surface area (TPSA) is 82.6 Å². The van der Waals surface area contributed by atoms with E-state index in [1.54, 1.807) is 24.2 Å². The van der Waals surface area contributed by atoms with Crippen LogP contribution in [-0.2, 0) is 17.7 Å². The molecule has 1 saturated heterocycles. The summed E-state index contributed by atoms with van der Waals surface area (Å²) in [6, 6.07) is 7.58. The van der Waals surface area contributed by atoms with Crippen molar-refractivity contribution in [2.45, 2.75) is 31.7 Å². The van der Waals surface area contributed by atoms with E-state index in [4.69, 9.17) is 18.9 Å². The average molecular weight is 408 g/mol. The van der Waals surface area contributed by atoms with Crippen LogP contribution in [-0.4, -0.2) is 52.4 Å². The molecule has 8 nitrogen and oxygen atoms in total. The molecule has 2 aromatic heterocycles. The van der Waals surface area contributed by atoms with E-state index in [2.05, 4.69) is 5.10 Å². The average Bonchev–Trinajstić information content (AvgIpc) is 3.46. The van der Waals surface area contributed by atoms with E-state index in [9.17, 15) is 4.79 Å². The molecule has 0 spiro atoms.